The SMILES string of the molecule is COCCN(Cc1cc2ccc(OC)cc2nc1N(C)C)C(=O)c1ccoc1. The standard InChI is InChI=1S/C21H25N3O4/c1-23(2)20-17(11-15-5-6-18(27-4)12-19(15)22-20)13-24(8-10-26-3)21(25)16-7-9-28-14-16/h5-7,9,11-12,14H,8,10,13H2,1-4H3. The number of nitrogens with zero attached hydrogens (tertiary/aromatic N) is 3. The summed E-state index contributed by atoms with van der Waals surface area (Å²) in [5.74, 6) is 1.46. The highest BCUT2D eigenvalue weighted by molar-refractivity contribution is 5.94. The molecule has 3 aromatic rings. The number of furan rings is 1. The van der Waals surface area contributed by atoms with Gasteiger partial charge in [-0.3, -0.25) is 4.79 Å². The van der Waals surface area contributed by atoms with E-state index in [1.54, 1.807) is 25.2 Å². The Morgan fingerprint density at radius 3 is 2.64 bits per heavy atom. The lowest BCUT2D eigenvalue weighted by atomic mass is 10.1. The molecule has 0 atom stereocenters. The fourth-order valence-electron chi connectivity index (χ4n) is 3.04. The Morgan fingerprint density at radius 2 is 2.00 bits per heavy atom. The van der Waals surface area contributed by atoms with Crippen molar-refractivity contribution in [2.45, 2.75) is 6.54 Å². The van der Waals surface area contributed by atoms with E-state index in [1.807, 2.05) is 37.2 Å². The van der Waals surface area contributed by atoms with E-state index >= 15 is 0 Å². The Kier molecular flexibility index (Phi) is 6.16. The molecule has 7 heteroatoms. The summed E-state index contributed by atoms with van der Waals surface area (Å²) in [7, 11) is 7.14. The average Bonchev–Trinajstić information content (AvgIpc) is 3.24. The molecule has 0 unspecified atom stereocenters. The van der Waals surface area contributed by atoms with Crippen molar-refractivity contribution in [2.75, 3.05) is 46.4 Å². The number of fused-ring (bicyclic) bond motifs is 1. The van der Waals surface area contributed by atoms with Gasteiger partial charge in [0.25, 0.3) is 5.91 Å². The van der Waals surface area contributed by atoms with Gasteiger partial charge in [-0.15, -0.1) is 0 Å². The summed E-state index contributed by atoms with van der Waals surface area (Å²) in [6.45, 7) is 1.32. The van der Waals surface area contributed by atoms with Crippen molar-refractivity contribution in [3.8, 4) is 5.75 Å². The van der Waals surface area contributed by atoms with Crippen molar-refractivity contribution in [1.29, 1.82) is 0 Å². The van der Waals surface area contributed by atoms with E-state index in [4.69, 9.17) is 18.9 Å². The van der Waals surface area contributed by atoms with Gasteiger partial charge in [0.15, 0.2) is 0 Å². The van der Waals surface area contributed by atoms with Crippen LogP contribution in [0.4, 0.5) is 5.82 Å². The highest BCUT2D eigenvalue weighted by Crippen LogP contribution is 2.27. The molecular formula is C21H25N3O4. The van der Waals surface area contributed by atoms with Crippen LogP contribution < -0.4 is 9.64 Å². The van der Waals surface area contributed by atoms with Crippen molar-refractivity contribution in [3.63, 3.8) is 0 Å². The van der Waals surface area contributed by atoms with Crippen LogP contribution in [0.2, 0.25) is 0 Å². The number of ether oxygens (including phenoxy) is 2. The van der Waals surface area contributed by atoms with Crippen molar-refractivity contribution in [2.24, 2.45) is 0 Å². The Hall–Kier alpha value is -3.06. The number of carbonyl (C=O) groups excluding carboxylic acids is 1. The topological polar surface area (TPSA) is 68.0 Å². The minimum absolute atomic E-state index is 0.106. The molecule has 0 bridgehead atoms. The van der Waals surface area contributed by atoms with Gasteiger partial charge in [0.05, 0.1) is 31.1 Å². The van der Waals surface area contributed by atoms with Crippen molar-refractivity contribution in [1.82, 2.24) is 9.88 Å². The summed E-state index contributed by atoms with van der Waals surface area (Å²) in [5.41, 5.74) is 2.31. The first-order valence-corrected chi connectivity index (χ1v) is 8.99. The van der Waals surface area contributed by atoms with Crippen LogP contribution in [0.1, 0.15) is 15.9 Å². The van der Waals surface area contributed by atoms with Crippen LogP contribution in [0.25, 0.3) is 10.9 Å². The number of hydrogen-bond donors (Lipinski definition) is 0. The summed E-state index contributed by atoms with van der Waals surface area (Å²) < 4.78 is 15.6. The molecule has 0 aliphatic heterocycles. The van der Waals surface area contributed by atoms with Crippen LogP contribution in [-0.4, -0.2) is 57.3 Å². The van der Waals surface area contributed by atoms with Crippen LogP contribution in [0.3, 0.4) is 0 Å². The molecule has 2 heterocycles. The van der Waals surface area contributed by atoms with E-state index < -0.39 is 0 Å². The predicted molar refractivity (Wildman–Crippen MR) is 108 cm³/mol. The maximum Gasteiger partial charge on any atom is 0.257 e. The summed E-state index contributed by atoms with van der Waals surface area (Å²) in [6.07, 6.45) is 2.96. The number of benzene rings is 1. The summed E-state index contributed by atoms with van der Waals surface area (Å²) in [6, 6.07) is 9.52. The Bertz CT molecular complexity index is 938. The van der Waals surface area contributed by atoms with Gasteiger partial charge in [0.2, 0.25) is 0 Å². The lowest BCUT2D eigenvalue weighted by molar-refractivity contribution is 0.0680. The molecule has 0 saturated heterocycles. The molecule has 0 N–H and O–H groups in total. The second-order valence-corrected chi connectivity index (χ2v) is 6.66. The molecule has 0 fully saturated rings. The number of rotatable bonds is 8. The highest BCUT2D eigenvalue weighted by atomic mass is 16.5. The number of hydrogen-bond acceptors (Lipinski definition) is 6. The van der Waals surface area contributed by atoms with Crippen LogP contribution >= 0.6 is 0 Å². The van der Waals surface area contributed by atoms with Gasteiger partial charge in [-0.2, -0.15) is 0 Å². The van der Waals surface area contributed by atoms with Crippen LogP contribution in [-0.2, 0) is 11.3 Å². The predicted octanol–water partition coefficient (Wildman–Crippen LogP) is 3.19. The molecule has 1 amide bonds. The zero-order valence-electron chi connectivity index (χ0n) is 16.6. The van der Waals surface area contributed by atoms with Gasteiger partial charge >= 0.3 is 0 Å². The quantitative estimate of drug-likeness (QED) is 0.595. The second-order valence-electron chi connectivity index (χ2n) is 6.66. The number of aromatic nitrogens is 1. The van der Waals surface area contributed by atoms with Gasteiger partial charge in [-0.25, -0.2) is 4.98 Å². The smallest absolute Gasteiger partial charge is 0.257 e. The van der Waals surface area contributed by atoms with E-state index in [9.17, 15) is 4.79 Å². The summed E-state index contributed by atoms with van der Waals surface area (Å²) in [5, 5.41) is 0.990. The third kappa shape index (κ3) is 4.26. The van der Waals surface area contributed by atoms with E-state index in [2.05, 4.69) is 6.07 Å². The zero-order chi connectivity index (χ0) is 20.1. The first-order chi connectivity index (χ1) is 13.5. The van der Waals surface area contributed by atoms with Gasteiger partial charge in [0, 0.05) is 51.3 Å². The molecule has 0 saturated carbocycles. The number of anilines is 1. The zero-order valence-corrected chi connectivity index (χ0v) is 16.6. The van der Waals surface area contributed by atoms with Crippen LogP contribution in [0, 0.1) is 0 Å². The van der Waals surface area contributed by atoms with E-state index in [1.165, 1.54) is 12.5 Å². The molecule has 148 valence electrons. The number of methoxy groups -OCH3 is 2. The van der Waals surface area contributed by atoms with E-state index in [0.717, 1.165) is 28.0 Å². The largest absolute Gasteiger partial charge is 0.497 e. The van der Waals surface area contributed by atoms with Gasteiger partial charge in [-0.05, 0) is 24.3 Å². The maximum absolute atomic E-state index is 12.9. The monoisotopic (exact) mass is 383 g/mol. The molecule has 0 radical (unpaired) electrons. The van der Waals surface area contributed by atoms with Crippen molar-refractivity contribution < 1.29 is 18.7 Å². The molecule has 0 aliphatic rings. The minimum Gasteiger partial charge on any atom is -0.497 e. The highest BCUT2D eigenvalue weighted by Gasteiger charge is 2.20. The van der Waals surface area contributed by atoms with Gasteiger partial charge in [0.1, 0.15) is 17.8 Å². The van der Waals surface area contributed by atoms with Crippen LogP contribution in [0.15, 0.2) is 47.3 Å². The average molecular weight is 383 g/mol. The summed E-state index contributed by atoms with van der Waals surface area (Å²) in [4.78, 5) is 21.4. The lowest BCUT2D eigenvalue weighted by Gasteiger charge is -2.25. The van der Waals surface area contributed by atoms with Gasteiger partial charge < -0.3 is 23.7 Å². The molecule has 0 aliphatic carbocycles. The summed E-state index contributed by atoms with van der Waals surface area (Å²) >= 11 is 0. The molecule has 0 spiro atoms. The van der Waals surface area contributed by atoms with Crippen molar-refractivity contribution >= 4 is 22.6 Å². The fourth-order valence-corrected chi connectivity index (χ4v) is 3.04. The number of amides is 1. The third-order valence-corrected chi connectivity index (χ3v) is 4.49. The fraction of sp³-hybridized carbons (Fsp3) is 0.333. The maximum atomic E-state index is 12.9. The molecular weight excluding hydrogens is 358 g/mol. The Labute approximate surface area is 164 Å². The van der Waals surface area contributed by atoms with Crippen molar-refractivity contribution in [3.05, 3.63) is 54.0 Å². The molecule has 28 heavy (non-hydrogen) atoms. The third-order valence-electron chi connectivity index (χ3n) is 4.49. The van der Waals surface area contributed by atoms with E-state index in [0.29, 0.717) is 25.3 Å². The molecule has 1 aromatic carbocycles. The number of carbonyl (C=O) groups is 1. The molecule has 2 aromatic heterocycles. The normalized spacial score (nSPS) is 10.9. The number of pyridine rings is 1. The van der Waals surface area contributed by atoms with Gasteiger partial charge in [-0.1, -0.05) is 0 Å². The second kappa shape index (κ2) is 8.75. The first-order valence-electron chi connectivity index (χ1n) is 8.99. The molecule has 3 rings (SSSR count). The van der Waals surface area contributed by atoms with E-state index in [-0.39, 0.29) is 5.91 Å². The van der Waals surface area contributed by atoms with Crippen LogP contribution in [0.5, 0.6) is 5.75 Å². The Balaban J connectivity index is 1.98. The Morgan fingerprint density at radius 1 is 1.18 bits per heavy atom. The molecule has 7 nitrogen and oxygen atoms in total. The lowest BCUT2D eigenvalue weighted by Crippen LogP contribution is -2.34. The minimum atomic E-state index is -0.106. The first kappa shape index (κ1) is 19.7.